The summed E-state index contributed by atoms with van der Waals surface area (Å²) >= 11 is 0. The Hall–Kier alpha value is -0.790. The summed E-state index contributed by atoms with van der Waals surface area (Å²) in [6.45, 7) is 7.64. The first-order chi connectivity index (χ1) is 29.2. The molecule has 2 nitrogen and oxygen atoms in total. The Morgan fingerprint density at radius 3 is 0.949 bits per heavy atom. The second kappa shape index (κ2) is 53.3. The predicted octanol–water partition coefficient (Wildman–Crippen LogP) is 20.9. The number of unbranched alkanes of at least 4 members (excludes halogenated alkanes) is 43. The lowest BCUT2D eigenvalue weighted by Crippen LogP contribution is -2.05. The predicted molar refractivity (Wildman–Crippen MR) is 267 cm³/mol. The molecule has 0 aliphatic heterocycles. The van der Waals surface area contributed by atoms with Gasteiger partial charge < -0.3 is 4.74 Å². The van der Waals surface area contributed by atoms with E-state index in [1.54, 1.807) is 0 Å². The normalized spacial score (nSPS) is 12.3. The quantitative estimate of drug-likeness (QED) is 0.0347. The van der Waals surface area contributed by atoms with Gasteiger partial charge in [-0.3, -0.25) is 4.79 Å². The number of carbonyl (C=O) groups is 1. The molecule has 0 aromatic heterocycles. The van der Waals surface area contributed by atoms with Crippen molar-refractivity contribution in [2.45, 2.75) is 335 Å². The lowest BCUT2D eigenvalue weighted by molar-refractivity contribution is -0.143. The van der Waals surface area contributed by atoms with Crippen molar-refractivity contribution < 1.29 is 9.53 Å². The van der Waals surface area contributed by atoms with Gasteiger partial charge in [-0.1, -0.05) is 303 Å². The third-order valence-electron chi connectivity index (χ3n) is 13.4. The van der Waals surface area contributed by atoms with E-state index in [1.807, 2.05) is 0 Å². The van der Waals surface area contributed by atoms with E-state index in [1.165, 1.54) is 295 Å². The highest BCUT2D eigenvalue weighted by molar-refractivity contribution is 5.69. The fourth-order valence-corrected chi connectivity index (χ4v) is 8.88. The Morgan fingerprint density at radius 2 is 0.627 bits per heavy atom. The van der Waals surface area contributed by atoms with E-state index in [0.29, 0.717) is 13.0 Å². The highest BCUT2D eigenvalue weighted by Crippen LogP contribution is 2.18. The van der Waals surface area contributed by atoms with Crippen molar-refractivity contribution in [1.82, 2.24) is 0 Å². The van der Waals surface area contributed by atoms with Gasteiger partial charge in [0.2, 0.25) is 0 Å². The number of hydrogen-bond donors (Lipinski definition) is 0. The monoisotopic (exact) mass is 829 g/mol. The third kappa shape index (κ3) is 53.3. The molecule has 0 rings (SSSR count). The van der Waals surface area contributed by atoms with Gasteiger partial charge in [0, 0.05) is 6.42 Å². The highest BCUT2D eigenvalue weighted by atomic mass is 16.5. The molecule has 0 heterocycles. The summed E-state index contributed by atoms with van der Waals surface area (Å²) in [6.07, 6.45) is 72.3. The summed E-state index contributed by atoms with van der Waals surface area (Å²) in [6, 6.07) is 0. The number of carbonyl (C=O) groups excluding carboxylic acids is 1. The fourth-order valence-electron chi connectivity index (χ4n) is 8.88. The molecular formula is C57H112O2. The molecule has 0 saturated heterocycles. The molecule has 0 bridgehead atoms. The van der Waals surface area contributed by atoms with Crippen LogP contribution in [0.25, 0.3) is 0 Å². The van der Waals surface area contributed by atoms with Crippen LogP contribution in [0.2, 0.25) is 0 Å². The number of hydrogen-bond acceptors (Lipinski definition) is 2. The number of allylic oxidation sites excluding steroid dienone is 2. The van der Waals surface area contributed by atoms with Gasteiger partial charge in [-0.15, -0.1) is 0 Å². The second-order valence-corrected chi connectivity index (χ2v) is 19.5. The minimum absolute atomic E-state index is 0.0286. The Balaban J connectivity index is 3.15. The van der Waals surface area contributed by atoms with Crippen molar-refractivity contribution in [3.63, 3.8) is 0 Å². The first-order valence-corrected chi connectivity index (χ1v) is 28.0. The maximum atomic E-state index is 12.1. The average Bonchev–Trinajstić information content (AvgIpc) is 3.24. The van der Waals surface area contributed by atoms with Gasteiger partial charge in [0.15, 0.2) is 0 Å². The standard InChI is InChI=1S/C57H112O2/c1-4-6-7-8-9-10-11-12-13-29-33-36-39-42-45-48-51-54-57(58)59-55-52-49-46-43-40-37-34-31-28-26-24-22-20-18-16-14-15-17-19-21-23-25-27-30-32-35-38-41-44-47-50-53-56(3)5-2/h10-11,56H,4-9,12-55H2,1-3H3. The summed E-state index contributed by atoms with van der Waals surface area (Å²) in [5, 5.41) is 0. The van der Waals surface area contributed by atoms with Gasteiger partial charge in [0.25, 0.3) is 0 Å². The van der Waals surface area contributed by atoms with Gasteiger partial charge in [-0.05, 0) is 44.4 Å². The Morgan fingerprint density at radius 1 is 0.356 bits per heavy atom. The summed E-state index contributed by atoms with van der Waals surface area (Å²) in [5.74, 6) is 0.969. The van der Waals surface area contributed by atoms with Crippen molar-refractivity contribution >= 4 is 5.97 Å². The minimum Gasteiger partial charge on any atom is -0.466 e. The smallest absolute Gasteiger partial charge is 0.305 e. The molecule has 1 atom stereocenters. The van der Waals surface area contributed by atoms with Crippen molar-refractivity contribution in [3.05, 3.63) is 12.2 Å². The Kier molecular flexibility index (Phi) is 52.6. The molecule has 0 aliphatic carbocycles. The Labute approximate surface area is 374 Å². The van der Waals surface area contributed by atoms with Crippen LogP contribution in [-0.4, -0.2) is 12.6 Å². The molecular weight excluding hydrogens is 717 g/mol. The number of esters is 1. The van der Waals surface area contributed by atoms with Crippen LogP contribution in [0.15, 0.2) is 12.2 Å². The molecule has 0 radical (unpaired) electrons. The number of rotatable bonds is 52. The van der Waals surface area contributed by atoms with Crippen LogP contribution in [0.3, 0.4) is 0 Å². The lowest BCUT2D eigenvalue weighted by Gasteiger charge is -2.07. The van der Waals surface area contributed by atoms with E-state index in [4.69, 9.17) is 4.74 Å². The van der Waals surface area contributed by atoms with Crippen LogP contribution in [-0.2, 0) is 9.53 Å². The average molecular weight is 830 g/mol. The van der Waals surface area contributed by atoms with Crippen LogP contribution in [0.4, 0.5) is 0 Å². The molecule has 2 heteroatoms. The summed E-state index contributed by atoms with van der Waals surface area (Å²) in [5.41, 5.74) is 0. The largest absolute Gasteiger partial charge is 0.466 e. The van der Waals surface area contributed by atoms with Crippen LogP contribution in [0.1, 0.15) is 335 Å². The van der Waals surface area contributed by atoms with Crippen molar-refractivity contribution in [1.29, 1.82) is 0 Å². The molecule has 0 saturated carbocycles. The Bertz CT molecular complexity index is 788. The molecule has 59 heavy (non-hydrogen) atoms. The molecule has 0 aromatic carbocycles. The minimum atomic E-state index is 0.0286. The fraction of sp³-hybridized carbons (Fsp3) is 0.947. The van der Waals surface area contributed by atoms with Crippen LogP contribution >= 0.6 is 0 Å². The summed E-state index contributed by atoms with van der Waals surface area (Å²) in [4.78, 5) is 12.1. The van der Waals surface area contributed by atoms with E-state index >= 15 is 0 Å². The van der Waals surface area contributed by atoms with E-state index in [0.717, 1.165) is 18.8 Å². The molecule has 0 spiro atoms. The lowest BCUT2D eigenvalue weighted by atomic mass is 9.99. The van der Waals surface area contributed by atoms with E-state index < -0.39 is 0 Å². The van der Waals surface area contributed by atoms with Gasteiger partial charge in [0.1, 0.15) is 0 Å². The van der Waals surface area contributed by atoms with Crippen molar-refractivity contribution in [3.8, 4) is 0 Å². The molecule has 0 aliphatic rings. The summed E-state index contributed by atoms with van der Waals surface area (Å²) < 4.78 is 5.50. The molecule has 1 unspecified atom stereocenters. The van der Waals surface area contributed by atoms with Gasteiger partial charge >= 0.3 is 5.97 Å². The maximum absolute atomic E-state index is 12.1. The van der Waals surface area contributed by atoms with Gasteiger partial charge in [0.05, 0.1) is 6.61 Å². The summed E-state index contributed by atoms with van der Waals surface area (Å²) in [7, 11) is 0. The van der Waals surface area contributed by atoms with Crippen molar-refractivity contribution in [2.24, 2.45) is 5.92 Å². The van der Waals surface area contributed by atoms with Gasteiger partial charge in [-0.2, -0.15) is 0 Å². The highest BCUT2D eigenvalue weighted by Gasteiger charge is 2.03. The first kappa shape index (κ1) is 58.2. The molecule has 0 fully saturated rings. The second-order valence-electron chi connectivity index (χ2n) is 19.5. The number of ether oxygens (including phenoxy) is 1. The molecule has 0 N–H and O–H groups in total. The topological polar surface area (TPSA) is 26.3 Å². The van der Waals surface area contributed by atoms with Crippen LogP contribution in [0.5, 0.6) is 0 Å². The molecule has 0 amide bonds. The zero-order chi connectivity index (χ0) is 42.6. The first-order valence-electron chi connectivity index (χ1n) is 28.0. The zero-order valence-electron chi connectivity index (χ0n) is 41.4. The van der Waals surface area contributed by atoms with Crippen LogP contribution < -0.4 is 0 Å². The van der Waals surface area contributed by atoms with E-state index in [2.05, 4.69) is 32.9 Å². The van der Waals surface area contributed by atoms with E-state index in [-0.39, 0.29) is 5.97 Å². The SMILES string of the molecule is CCCCCCC=CCCCCCCCCCCCC(=O)OCCCCCCCCCCCCCCCCCCCCCCCCCCCCCCCCCC(C)CC. The molecule has 0 aromatic rings. The van der Waals surface area contributed by atoms with E-state index in [9.17, 15) is 4.79 Å². The maximum Gasteiger partial charge on any atom is 0.305 e. The van der Waals surface area contributed by atoms with Crippen molar-refractivity contribution in [2.75, 3.05) is 6.61 Å². The molecule has 352 valence electrons. The van der Waals surface area contributed by atoms with Crippen LogP contribution in [0, 0.1) is 5.92 Å². The third-order valence-corrected chi connectivity index (χ3v) is 13.4. The van der Waals surface area contributed by atoms with Gasteiger partial charge in [-0.25, -0.2) is 0 Å². The zero-order valence-corrected chi connectivity index (χ0v) is 41.4.